The van der Waals surface area contributed by atoms with Gasteiger partial charge in [0.1, 0.15) is 10.6 Å². The van der Waals surface area contributed by atoms with Crippen molar-refractivity contribution in [3.8, 4) is 0 Å². The van der Waals surface area contributed by atoms with E-state index in [1.54, 1.807) is 20.8 Å². The summed E-state index contributed by atoms with van der Waals surface area (Å²) in [7, 11) is 0. The average Bonchev–Trinajstić information content (AvgIpc) is 2.30. The van der Waals surface area contributed by atoms with Gasteiger partial charge in [-0.2, -0.15) is 4.39 Å². The second-order valence-corrected chi connectivity index (χ2v) is 4.89. The molecule has 0 aliphatic rings. The summed E-state index contributed by atoms with van der Waals surface area (Å²) in [6.07, 6.45) is 1.14. The average molecular weight is 217 g/mol. The maximum atomic E-state index is 12.5. The lowest BCUT2D eigenvalue weighted by molar-refractivity contribution is -0.153. The van der Waals surface area contributed by atoms with E-state index in [4.69, 9.17) is 4.74 Å². The third-order valence-corrected chi connectivity index (χ3v) is 2.03. The summed E-state index contributed by atoms with van der Waals surface area (Å²) in [4.78, 5) is 15.0. The summed E-state index contributed by atoms with van der Waals surface area (Å²) >= 11 is 0.863. The van der Waals surface area contributed by atoms with Crippen molar-refractivity contribution in [1.82, 2.24) is 4.98 Å². The quantitative estimate of drug-likeness (QED) is 0.713. The fraction of sp³-hybridized carbons (Fsp3) is 0.556. The number of esters is 1. The molecule has 1 rings (SSSR count). The fourth-order valence-electron chi connectivity index (χ4n) is 0.871. The van der Waals surface area contributed by atoms with E-state index in [1.807, 2.05) is 0 Å². The molecule has 0 amide bonds. The van der Waals surface area contributed by atoms with Gasteiger partial charge in [-0.1, -0.05) is 11.3 Å². The molecule has 0 fully saturated rings. The maximum absolute atomic E-state index is 12.5. The summed E-state index contributed by atoms with van der Waals surface area (Å²) in [6.45, 7) is 5.36. The Labute approximate surface area is 85.9 Å². The molecule has 0 aliphatic carbocycles. The van der Waals surface area contributed by atoms with Crippen molar-refractivity contribution < 1.29 is 13.9 Å². The number of hydrogen-bond donors (Lipinski definition) is 0. The molecule has 3 nitrogen and oxygen atoms in total. The number of thiazole rings is 1. The zero-order chi connectivity index (χ0) is 10.8. The second-order valence-electron chi connectivity index (χ2n) is 3.82. The van der Waals surface area contributed by atoms with Crippen molar-refractivity contribution in [2.75, 3.05) is 0 Å². The van der Waals surface area contributed by atoms with Crippen molar-refractivity contribution in [2.24, 2.45) is 0 Å². The Morgan fingerprint density at radius 2 is 2.29 bits per heavy atom. The smallest absolute Gasteiger partial charge is 0.313 e. The van der Waals surface area contributed by atoms with Crippen molar-refractivity contribution in [1.29, 1.82) is 0 Å². The molecule has 0 atom stereocenters. The van der Waals surface area contributed by atoms with Crippen LogP contribution in [0.3, 0.4) is 0 Å². The van der Waals surface area contributed by atoms with Crippen molar-refractivity contribution in [3.05, 3.63) is 16.3 Å². The molecule has 0 bridgehead atoms. The Morgan fingerprint density at radius 1 is 1.64 bits per heavy atom. The number of ether oxygens (including phenoxy) is 1. The number of aromatic nitrogens is 1. The normalized spacial score (nSPS) is 11.4. The summed E-state index contributed by atoms with van der Waals surface area (Å²) in [5.74, 6) is -0.383. The van der Waals surface area contributed by atoms with E-state index in [0.29, 0.717) is 5.01 Å². The monoisotopic (exact) mass is 217 g/mol. The highest BCUT2D eigenvalue weighted by atomic mass is 32.1. The number of hydrogen-bond acceptors (Lipinski definition) is 4. The van der Waals surface area contributed by atoms with Crippen molar-refractivity contribution in [3.63, 3.8) is 0 Å². The van der Waals surface area contributed by atoms with Crippen LogP contribution in [0.15, 0.2) is 6.20 Å². The van der Waals surface area contributed by atoms with E-state index in [1.165, 1.54) is 0 Å². The Hall–Kier alpha value is -0.970. The molecule has 78 valence electrons. The van der Waals surface area contributed by atoms with Crippen LogP contribution in [-0.4, -0.2) is 16.6 Å². The van der Waals surface area contributed by atoms with Gasteiger partial charge >= 0.3 is 5.97 Å². The minimum Gasteiger partial charge on any atom is -0.460 e. The number of nitrogens with zero attached hydrogens (tertiary/aromatic N) is 1. The van der Waals surface area contributed by atoms with Crippen molar-refractivity contribution >= 4 is 17.3 Å². The Kier molecular flexibility index (Phi) is 3.21. The molecule has 0 aliphatic heterocycles. The van der Waals surface area contributed by atoms with Gasteiger partial charge in [0.15, 0.2) is 5.13 Å². The Morgan fingerprint density at radius 3 is 2.71 bits per heavy atom. The third kappa shape index (κ3) is 3.83. The SMILES string of the molecule is CC(C)(C)OC(=O)Cc1ncc(F)s1. The molecule has 1 aromatic rings. The largest absolute Gasteiger partial charge is 0.460 e. The van der Waals surface area contributed by atoms with Crippen LogP contribution in [0.4, 0.5) is 4.39 Å². The lowest BCUT2D eigenvalue weighted by Crippen LogP contribution is -2.24. The number of carbonyl (C=O) groups excluding carboxylic acids is 1. The summed E-state index contributed by atoms with van der Waals surface area (Å²) in [5, 5.41) is 0.0558. The first-order valence-corrected chi connectivity index (χ1v) is 5.00. The van der Waals surface area contributed by atoms with Gasteiger partial charge in [0.05, 0.1) is 12.6 Å². The predicted molar refractivity (Wildman–Crippen MR) is 51.6 cm³/mol. The lowest BCUT2D eigenvalue weighted by atomic mass is 10.2. The van der Waals surface area contributed by atoms with E-state index in [0.717, 1.165) is 17.5 Å². The van der Waals surface area contributed by atoms with Gasteiger partial charge in [0, 0.05) is 0 Å². The summed E-state index contributed by atoms with van der Waals surface area (Å²) in [5.41, 5.74) is -0.507. The first-order chi connectivity index (χ1) is 6.37. The zero-order valence-corrected chi connectivity index (χ0v) is 9.15. The molecule has 0 aromatic carbocycles. The van der Waals surface area contributed by atoms with E-state index in [2.05, 4.69) is 4.98 Å². The number of carbonyl (C=O) groups is 1. The van der Waals surface area contributed by atoms with Gasteiger partial charge in [-0.25, -0.2) is 4.98 Å². The topological polar surface area (TPSA) is 39.2 Å². The maximum Gasteiger partial charge on any atom is 0.313 e. The lowest BCUT2D eigenvalue weighted by Gasteiger charge is -2.18. The van der Waals surface area contributed by atoms with Crippen LogP contribution >= 0.6 is 11.3 Å². The molecule has 5 heteroatoms. The van der Waals surface area contributed by atoms with E-state index in [9.17, 15) is 9.18 Å². The summed E-state index contributed by atoms with van der Waals surface area (Å²) < 4.78 is 17.6. The fourth-order valence-corrected chi connectivity index (χ4v) is 1.50. The molecular weight excluding hydrogens is 205 g/mol. The predicted octanol–water partition coefficient (Wildman–Crippen LogP) is 2.17. The first-order valence-electron chi connectivity index (χ1n) is 4.19. The van der Waals surface area contributed by atoms with E-state index in [-0.39, 0.29) is 17.5 Å². The molecule has 0 spiro atoms. The number of rotatable bonds is 2. The molecular formula is C9H12FNO2S. The van der Waals surface area contributed by atoms with Crippen LogP contribution < -0.4 is 0 Å². The first kappa shape index (κ1) is 11.1. The van der Waals surface area contributed by atoms with Crippen LogP contribution in [0.5, 0.6) is 0 Å². The standard InChI is InChI=1S/C9H12FNO2S/c1-9(2,3)13-8(12)4-7-11-5-6(10)14-7/h5H,4H2,1-3H3. The van der Waals surface area contributed by atoms with E-state index >= 15 is 0 Å². The van der Waals surface area contributed by atoms with Crippen LogP contribution in [0.25, 0.3) is 0 Å². The molecule has 0 unspecified atom stereocenters. The van der Waals surface area contributed by atoms with Crippen LogP contribution in [0.2, 0.25) is 0 Å². The van der Waals surface area contributed by atoms with Crippen molar-refractivity contribution in [2.45, 2.75) is 32.8 Å². The molecule has 14 heavy (non-hydrogen) atoms. The highest BCUT2D eigenvalue weighted by Gasteiger charge is 2.17. The molecule has 0 saturated carbocycles. The van der Waals surface area contributed by atoms with Gasteiger partial charge in [-0.15, -0.1) is 0 Å². The summed E-state index contributed by atoms with van der Waals surface area (Å²) in [6, 6.07) is 0. The third-order valence-electron chi connectivity index (χ3n) is 1.24. The van der Waals surface area contributed by atoms with Crippen LogP contribution in [0.1, 0.15) is 25.8 Å². The van der Waals surface area contributed by atoms with E-state index < -0.39 is 5.60 Å². The zero-order valence-electron chi connectivity index (χ0n) is 8.33. The minimum atomic E-state index is -0.507. The molecule has 1 heterocycles. The molecule has 1 aromatic heterocycles. The van der Waals surface area contributed by atoms with Gasteiger partial charge in [-0.05, 0) is 20.8 Å². The van der Waals surface area contributed by atoms with Gasteiger partial charge < -0.3 is 4.74 Å². The second kappa shape index (κ2) is 4.04. The minimum absolute atomic E-state index is 0.0336. The van der Waals surface area contributed by atoms with Gasteiger partial charge in [-0.3, -0.25) is 4.79 Å². The Bertz CT molecular complexity index is 330. The van der Waals surface area contributed by atoms with Crippen LogP contribution in [-0.2, 0) is 16.0 Å². The molecule has 0 N–H and O–H groups in total. The highest BCUT2D eigenvalue weighted by molar-refractivity contribution is 7.10. The highest BCUT2D eigenvalue weighted by Crippen LogP contribution is 2.14. The van der Waals surface area contributed by atoms with Crippen LogP contribution in [0, 0.1) is 5.13 Å². The van der Waals surface area contributed by atoms with Gasteiger partial charge in [0.2, 0.25) is 0 Å². The number of halogens is 1. The Balaban J connectivity index is 2.50. The molecule has 0 saturated heterocycles. The molecule has 0 radical (unpaired) electrons. The van der Waals surface area contributed by atoms with Gasteiger partial charge in [0.25, 0.3) is 0 Å².